The third-order valence-corrected chi connectivity index (χ3v) is 4.92. The van der Waals surface area contributed by atoms with E-state index in [9.17, 15) is 0 Å². The Bertz CT molecular complexity index is 375. The van der Waals surface area contributed by atoms with Gasteiger partial charge in [-0.25, -0.2) is 0 Å². The van der Waals surface area contributed by atoms with E-state index in [0.29, 0.717) is 11.3 Å². The maximum Gasteiger partial charge on any atom is 0.0340 e. The van der Waals surface area contributed by atoms with Crippen molar-refractivity contribution >= 4 is 17.4 Å². The quantitative estimate of drug-likeness (QED) is 0.851. The molecule has 1 aromatic rings. The number of likely N-dealkylation sites (N-methyl/N-ethyl adjacent to an activating group) is 1. The Kier molecular flexibility index (Phi) is 5.59. The van der Waals surface area contributed by atoms with Gasteiger partial charge in [0.05, 0.1) is 0 Å². The van der Waals surface area contributed by atoms with E-state index in [1.165, 1.54) is 30.6 Å². The van der Waals surface area contributed by atoms with Crippen molar-refractivity contribution < 1.29 is 0 Å². The van der Waals surface area contributed by atoms with E-state index in [4.69, 9.17) is 0 Å². The second-order valence-electron chi connectivity index (χ2n) is 5.71. The number of likely N-dealkylation sites (tertiary alicyclic amines) is 1. The minimum absolute atomic E-state index is 0.704. The van der Waals surface area contributed by atoms with E-state index in [-0.39, 0.29) is 0 Å². The van der Waals surface area contributed by atoms with Crippen LogP contribution in [0.2, 0.25) is 0 Å². The minimum atomic E-state index is 0.704. The molecule has 1 heterocycles. The van der Waals surface area contributed by atoms with Gasteiger partial charge < -0.3 is 10.2 Å². The van der Waals surface area contributed by atoms with Gasteiger partial charge in [0.15, 0.2) is 0 Å². The monoisotopic (exact) mass is 278 g/mol. The van der Waals surface area contributed by atoms with Crippen LogP contribution in [0.25, 0.3) is 0 Å². The summed E-state index contributed by atoms with van der Waals surface area (Å²) in [5, 5.41) is 4.26. The van der Waals surface area contributed by atoms with Crippen LogP contribution < -0.4 is 5.32 Å². The zero-order chi connectivity index (χ0) is 13.7. The summed E-state index contributed by atoms with van der Waals surface area (Å²) >= 11 is 2.00. The van der Waals surface area contributed by atoms with Gasteiger partial charge in [-0.2, -0.15) is 11.8 Å². The number of hydrogen-bond donors (Lipinski definition) is 1. The lowest BCUT2D eigenvalue weighted by molar-refractivity contribution is 0.322. The molecule has 1 aliphatic heterocycles. The second-order valence-corrected chi connectivity index (χ2v) is 7.28. The van der Waals surface area contributed by atoms with Crippen LogP contribution in [-0.4, -0.2) is 36.3 Å². The van der Waals surface area contributed by atoms with Gasteiger partial charge in [-0.05, 0) is 49.4 Å². The van der Waals surface area contributed by atoms with Crippen molar-refractivity contribution in [2.45, 2.75) is 43.7 Å². The van der Waals surface area contributed by atoms with Gasteiger partial charge in [-0.1, -0.05) is 26.0 Å². The number of nitrogens with one attached hydrogen (secondary N) is 1. The molecule has 0 amide bonds. The molecule has 106 valence electrons. The standard InChI is InChI=1S/C16H26N2S/c1-13(2)19-12-14-6-8-15(9-7-14)17-11-16-5-4-10-18(16)3/h6-9,13,16-17H,4-5,10-12H2,1-3H3. The lowest BCUT2D eigenvalue weighted by atomic mass is 10.2. The highest BCUT2D eigenvalue weighted by Gasteiger charge is 2.19. The van der Waals surface area contributed by atoms with Crippen LogP contribution in [-0.2, 0) is 5.75 Å². The summed E-state index contributed by atoms with van der Waals surface area (Å²) in [7, 11) is 2.23. The molecule has 0 radical (unpaired) electrons. The molecular weight excluding hydrogens is 252 g/mol. The van der Waals surface area contributed by atoms with Crippen molar-refractivity contribution in [3.8, 4) is 0 Å². The highest BCUT2D eigenvalue weighted by molar-refractivity contribution is 7.99. The average Bonchev–Trinajstić information content (AvgIpc) is 2.81. The molecule has 1 saturated heterocycles. The van der Waals surface area contributed by atoms with Crippen LogP contribution in [0.5, 0.6) is 0 Å². The second kappa shape index (κ2) is 7.20. The van der Waals surface area contributed by atoms with E-state index in [2.05, 4.69) is 55.4 Å². The van der Waals surface area contributed by atoms with E-state index in [0.717, 1.165) is 12.3 Å². The lowest BCUT2D eigenvalue weighted by Crippen LogP contribution is -2.31. The summed E-state index contributed by atoms with van der Waals surface area (Å²) in [6.45, 7) is 6.81. The fourth-order valence-corrected chi connectivity index (χ4v) is 3.17. The molecule has 1 aromatic carbocycles. The van der Waals surface area contributed by atoms with Crippen molar-refractivity contribution in [2.75, 3.05) is 25.5 Å². The van der Waals surface area contributed by atoms with Crippen molar-refractivity contribution in [3.63, 3.8) is 0 Å². The summed E-state index contributed by atoms with van der Waals surface area (Å²) in [4.78, 5) is 2.46. The van der Waals surface area contributed by atoms with Crippen molar-refractivity contribution in [1.82, 2.24) is 4.90 Å². The molecule has 2 nitrogen and oxygen atoms in total. The molecular formula is C16H26N2S. The summed E-state index contributed by atoms with van der Waals surface area (Å²) in [6.07, 6.45) is 2.67. The smallest absolute Gasteiger partial charge is 0.0340 e. The molecule has 0 bridgehead atoms. The average molecular weight is 278 g/mol. The van der Waals surface area contributed by atoms with Crippen molar-refractivity contribution in [3.05, 3.63) is 29.8 Å². The Hall–Kier alpha value is -0.670. The first-order valence-corrected chi connectivity index (χ1v) is 8.34. The highest BCUT2D eigenvalue weighted by atomic mass is 32.2. The zero-order valence-corrected chi connectivity index (χ0v) is 13.2. The molecule has 0 saturated carbocycles. The van der Waals surface area contributed by atoms with Crippen LogP contribution in [0.3, 0.4) is 0 Å². The molecule has 1 N–H and O–H groups in total. The molecule has 3 heteroatoms. The van der Waals surface area contributed by atoms with E-state index >= 15 is 0 Å². The van der Waals surface area contributed by atoms with Gasteiger partial charge in [0.2, 0.25) is 0 Å². The Morgan fingerprint density at radius 3 is 2.63 bits per heavy atom. The van der Waals surface area contributed by atoms with Crippen LogP contribution >= 0.6 is 11.8 Å². The van der Waals surface area contributed by atoms with Crippen molar-refractivity contribution in [1.29, 1.82) is 0 Å². The largest absolute Gasteiger partial charge is 0.383 e. The van der Waals surface area contributed by atoms with E-state index in [1.807, 2.05) is 11.8 Å². The molecule has 0 aromatic heterocycles. The fourth-order valence-electron chi connectivity index (χ4n) is 2.45. The topological polar surface area (TPSA) is 15.3 Å². The Morgan fingerprint density at radius 2 is 2.05 bits per heavy atom. The molecule has 0 spiro atoms. The van der Waals surface area contributed by atoms with Crippen LogP contribution in [0, 0.1) is 0 Å². The normalized spacial score (nSPS) is 20.1. The molecule has 19 heavy (non-hydrogen) atoms. The zero-order valence-electron chi connectivity index (χ0n) is 12.4. The van der Waals surface area contributed by atoms with Gasteiger partial charge >= 0.3 is 0 Å². The SMILES string of the molecule is CC(C)SCc1ccc(NCC2CCCN2C)cc1. The van der Waals surface area contributed by atoms with Gasteiger partial charge in [0.1, 0.15) is 0 Å². The molecule has 1 fully saturated rings. The number of thioether (sulfide) groups is 1. The van der Waals surface area contributed by atoms with Crippen LogP contribution in [0.15, 0.2) is 24.3 Å². The Morgan fingerprint density at radius 1 is 1.32 bits per heavy atom. The third kappa shape index (κ3) is 4.73. The van der Waals surface area contributed by atoms with E-state index in [1.54, 1.807) is 0 Å². The molecule has 0 aliphatic carbocycles. The molecule has 1 atom stereocenters. The summed E-state index contributed by atoms with van der Waals surface area (Å²) < 4.78 is 0. The number of anilines is 1. The first-order valence-electron chi connectivity index (χ1n) is 7.30. The number of benzene rings is 1. The maximum atomic E-state index is 3.56. The van der Waals surface area contributed by atoms with Gasteiger partial charge in [0, 0.05) is 24.0 Å². The summed E-state index contributed by atoms with van der Waals surface area (Å²) in [5.74, 6) is 1.11. The molecule has 2 rings (SSSR count). The number of hydrogen-bond acceptors (Lipinski definition) is 3. The molecule has 1 aliphatic rings. The first kappa shape index (κ1) is 14.7. The van der Waals surface area contributed by atoms with Crippen LogP contribution in [0.1, 0.15) is 32.3 Å². The molecule has 1 unspecified atom stereocenters. The maximum absolute atomic E-state index is 3.56. The minimum Gasteiger partial charge on any atom is -0.383 e. The number of nitrogens with zero attached hydrogens (tertiary/aromatic N) is 1. The lowest BCUT2D eigenvalue weighted by Gasteiger charge is -2.20. The van der Waals surface area contributed by atoms with Gasteiger partial charge in [0.25, 0.3) is 0 Å². The fraction of sp³-hybridized carbons (Fsp3) is 0.625. The first-order chi connectivity index (χ1) is 9.15. The number of rotatable bonds is 6. The summed E-state index contributed by atoms with van der Waals surface area (Å²) in [5.41, 5.74) is 2.67. The Labute approximate surface area is 122 Å². The predicted molar refractivity (Wildman–Crippen MR) is 87.0 cm³/mol. The van der Waals surface area contributed by atoms with Gasteiger partial charge in [-0.15, -0.1) is 0 Å². The summed E-state index contributed by atoms with van der Waals surface area (Å²) in [6, 6.07) is 9.62. The van der Waals surface area contributed by atoms with Crippen molar-refractivity contribution in [2.24, 2.45) is 0 Å². The van der Waals surface area contributed by atoms with Gasteiger partial charge in [-0.3, -0.25) is 0 Å². The van der Waals surface area contributed by atoms with E-state index < -0.39 is 0 Å². The predicted octanol–water partition coefficient (Wildman–Crippen LogP) is 3.83. The third-order valence-electron chi connectivity index (χ3n) is 3.75. The van der Waals surface area contributed by atoms with Crippen LogP contribution in [0.4, 0.5) is 5.69 Å². The highest BCUT2D eigenvalue weighted by Crippen LogP contribution is 2.20. The Balaban J connectivity index is 1.78.